The first kappa shape index (κ1) is 21.4. The third-order valence-corrected chi connectivity index (χ3v) is 5.66. The number of aromatic hydroxyl groups is 1. The van der Waals surface area contributed by atoms with Crippen molar-refractivity contribution in [2.75, 3.05) is 23.3 Å². The lowest BCUT2D eigenvalue weighted by atomic mass is 10.0. The van der Waals surface area contributed by atoms with Crippen molar-refractivity contribution in [1.82, 2.24) is 0 Å². The van der Waals surface area contributed by atoms with Crippen molar-refractivity contribution in [3.8, 4) is 16.9 Å². The predicted octanol–water partition coefficient (Wildman–Crippen LogP) is 3.97. The molecule has 4 rings (SSSR count). The zero-order chi connectivity index (χ0) is 22.7. The van der Waals surface area contributed by atoms with E-state index in [4.69, 9.17) is 0 Å². The minimum atomic E-state index is -1.16. The number of piperidine rings is 1. The highest BCUT2D eigenvalue weighted by molar-refractivity contribution is 6.10. The standard InChI is InChI=1S/C25H24N2O5/c28-19-10-12-27(13-11-19)18-7-9-23(29)21(15-18)24(30)26-22-14-17(6-8-20(22)25(31)32)16-4-2-1-3-5-16/h1-9,14-15,19,28-29H,10-13H2,(H,26,30)(H,31,32). The summed E-state index contributed by atoms with van der Waals surface area (Å²) in [6.07, 6.45) is 0.949. The summed E-state index contributed by atoms with van der Waals surface area (Å²) in [5.41, 5.74) is 2.56. The quantitative estimate of drug-likeness (QED) is 0.486. The molecule has 0 aliphatic carbocycles. The van der Waals surface area contributed by atoms with Gasteiger partial charge in [0.2, 0.25) is 0 Å². The van der Waals surface area contributed by atoms with Gasteiger partial charge in [0.25, 0.3) is 5.91 Å². The van der Waals surface area contributed by atoms with Crippen molar-refractivity contribution < 1.29 is 24.9 Å². The van der Waals surface area contributed by atoms with Gasteiger partial charge in [-0.25, -0.2) is 4.79 Å². The number of hydrogen-bond donors (Lipinski definition) is 4. The Labute approximate surface area is 185 Å². The number of aliphatic hydroxyl groups is 1. The summed E-state index contributed by atoms with van der Waals surface area (Å²) >= 11 is 0. The number of aromatic carboxylic acids is 1. The Balaban J connectivity index is 1.63. The molecule has 7 heteroatoms. The summed E-state index contributed by atoms with van der Waals surface area (Å²) in [4.78, 5) is 26.8. The van der Waals surface area contributed by atoms with Crippen molar-refractivity contribution in [1.29, 1.82) is 0 Å². The van der Waals surface area contributed by atoms with Crippen molar-refractivity contribution >= 4 is 23.3 Å². The van der Waals surface area contributed by atoms with Crippen LogP contribution in [0.25, 0.3) is 11.1 Å². The molecule has 1 heterocycles. The second kappa shape index (κ2) is 9.11. The number of amides is 1. The smallest absolute Gasteiger partial charge is 0.337 e. The van der Waals surface area contributed by atoms with Crippen LogP contribution in [0.15, 0.2) is 66.7 Å². The van der Waals surface area contributed by atoms with Gasteiger partial charge in [0.15, 0.2) is 0 Å². The minimum absolute atomic E-state index is 0.0429. The average molecular weight is 432 g/mol. The summed E-state index contributed by atoms with van der Waals surface area (Å²) in [6.45, 7) is 1.30. The third kappa shape index (κ3) is 4.58. The van der Waals surface area contributed by atoms with Crippen LogP contribution in [-0.4, -0.2) is 46.4 Å². The summed E-state index contributed by atoms with van der Waals surface area (Å²) in [6, 6.07) is 19.0. The van der Waals surface area contributed by atoms with Crippen molar-refractivity contribution in [3.05, 3.63) is 77.9 Å². The zero-order valence-electron chi connectivity index (χ0n) is 17.4. The monoisotopic (exact) mass is 432 g/mol. The highest BCUT2D eigenvalue weighted by Gasteiger charge is 2.21. The molecule has 0 spiro atoms. The fourth-order valence-corrected chi connectivity index (χ4v) is 3.86. The molecule has 0 radical (unpaired) electrons. The Kier molecular flexibility index (Phi) is 6.09. The van der Waals surface area contributed by atoms with Crippen LogP contribution in [-0.2, 0) is 0 Å². The topological polar surface area (TPSA) is 110 Å². The maximum Gasteiger partial charge on any atom is 0.337 e. The van der Waals surface area contributed by atoms with Crippen molar-refractivity contribution in [2.24, 2.45) is 0 Å². The number of carbonyl (C=O) groups excluding carboxylic acids is 1. The van der Waals surface area contributed by atoms with Crippen LogP contribution in [0.5, 0.6) is 5.75 Å². The number of aliphatic hydroxyl groups excluding tert-OH is 1. The van der Waals surface area contributed by atoms with E-state index < -0.39 is 11.9 Å². The van der Waals surface area contributed by atoms with Gasteiger partial charge < -0.3 is 25.5 Å². The molecule has 32 heavy (non-hydrogen) atoms. The van der Waals surface area contributed by atoms with Gasteiger partial charge in [-0.2, -0.15) is 0 Å². The lowest BCUT2D eigenvalue weighted by Crippen LogP contribution is -2.35. The SMILES string of the molecule is O=C(Nc1cc(-c2ccccc2)ccc1C(=O)O)c1cc(N2CCC(O)CC2)ccc1O. The van der Waals surface area contributed by atoms with Crippen LogP contribution in [0.3, 0.4) is 0 Å². The van der Waals surface area contributed by atoms with Gasteiger partial charge in [-0.3, -0.25) is 4.79 Å². The molecule has 7 nitrogen and oxygen atoms in total. The number of carbonyl (C=O) groups is 2. The lowest BCUT2D eigenvalue weighted by Gasteiger charge is -2.31. The first-order chi connectivity index (χ1) is 15.4. The number of phenols is 1. The third-order valence-electron chi connectivity index (χ3n) is 5.66. The van der Waals surface area contributed by atoms with Gasteiger partial charge in [-0.15, -0.1) is 0 Å². The van der Waals surface area contributed by atoms with Gasteiger partial charge in [-0.1, -0.05) is 36.4 Å². The second-order valence-electron chi connectivity index (χ2n) is 7.81. The Bertz CT molecular complexity index is 1140. The number of carboxylic acid groups (broad SMARTS) is 1. The molecule has 0 bridgehead atoms. The average Bonchev–Trinajstić information content (AvgIpc) is 2.80. The molecule has 1 aliphatic heterocycles. The Hall–Kier alpha value is -3.84. The van der Waals surface area contributed by atoms with E-state index >= 15 is 0 Å². The first-order valence-electron chi connectivity index (χ1n) is 10.4. The van der Waals surface area contributed by atoms with Crippen molar-refractivity contribution in [3.63, 3.8) is 0 Å². The predicted molar refractivity (Wildman–Crippen MR) is 122 cm³/mol. The Morgan fingerprint density at radius 1 is 0.875 bits per heavy atom. The van der Waals surface area contributed by atoms with E-state index in [1.54, 1.807) is 24.3 Å². The van der Waals surface area contributed by atoms with Gasteiger partial charge >= 0.3 is 5.97 Å². The maximum atomic E-state index is 13.0. The number of nitrogens with one attached hydrogen (secondary N) is 1. The van der Waals surface area contributed by atoms with E-state index in [-0.39, 0.29) is 28.7 Å². The number of phenolic OH excluding ortho intramolecular Hbond substituents is 1. The number of hydrogen-bond acceptors (Lipinski definition) is 5. The molecule has 0 unspecified atom stereocenters. The molecule has 3 aromatic rings. The Morgan fingerprint density at radius 2 is 1.59 bits per heavy atom. The zero-order valence-corrected chi connectivity index (χ0v) is 17.4. The highest BCUT2D eigenvalue weighted by atomic mass is 16.4. The van der Waals surface area contributed by atoms with Gasteiger partial charge in [0, 0.05) is 18.8 Å². The maximum absolute atomic E-state index is 13.0. The first-order valence-corrected chi connectivity index (χ1v) is 10.4. The number of rotatable bonds is 5. The molecule has 0 atom stereocenters. The van der Waals surface area contributed by atoms with Crippen LogP contribution in [0, 0.1) is 0 Å². The molecule has 0 saturated carbocycles. The van der Waals surface area contributed by atoms with Gasteiger partial charge in [0.05, 0.1) is 22.9 Å². The van der Waals surface area contributed by atoms with E-state index in [0.29, 0.717) is 25.9 Å². The largest absolute Gasteiger partial charge is 0.507 e. The van der Waals surface area contributed by atoms with Gasteiger partial charge in [0.1, 0.15) is 5.75 Å². The van der Waals surface area contributed by atoms with E-state index in [0.717, 1.165) is 16.8 Å². The van der Waals surface area contributed by atoms with E-state index in [1.165, 1.54) is 12.1 Å². The molecule has 164 valence electrons. The molecule has 0 aromatic heterocycles. The minimum Gasteiger partial charge on any atom is -0.507 e. The normalized spacial score (nSPS) is 14.2. The summed E-state index contributed by atoms with van der Waals surface area (Å²) in [5, 5.41) is 32.3. The molecule has 1 amide bonds. The molecule has 1 aliphatic rings. The van der Waals surface area contributed by atoms with Crippen LogP contribution in [0.4, 0.5) is 11.4 Å². The molecule has 4 N–H and O–H groups in total. The molecular formula is C25H24N2O5. The summed E-state index contributed by atoms with van der Waals surface area (Å²) in [5.74, 6) is -1.96. The molecular weight excluding hydrogens is 408 g/mol. The highest BCUT2D eigenvalue weighted by Crippen LogP contribution is 2.30. The second-order valence-corrected chi connectivity index (χ2v) is 7.81. The van der Waals surface area contributed by atoms with Crippen LogP contribution in [0.2, 0.25) is 0 Å². The molecule has 1 fully saturated rings. The Morgan fingerprint density at radius 3 is 2.28 bits per heavy atom. The fourth-order valence-electron chi connectivity index (χ4n) is 3.86. The molecule has 1 saturated heterocycles. The van der Waals surface area contributed by atoms with E-state index in [9.17, 15) is 24.9 Å². The number of nitrogens with zero attached hydrogens (tertiary/aromatic N) is 1. The van der Waals surface area contributed by atoms with E-state index in [2.05, 4.69) is 5.32 Å². The van der Waals surface area contributed by atoms with Crippen LogP contribution >= 0.6 is 0 Å². The van der Waals surface area contributed by atoms with Crippen LogP contribution in [0.1, 0.15) is 33.6 Å². The van der Waals surface area contributed by atoms with E-state index in [1.807, 2.05) is 35.2 Å². The number of carboxylic acids is 1. The molecule has 3 aromatic carbocycles. The van der Waals surface area contributed by atoms with Gasteiger partial charge in [-0.05, 0) is 54.3 Å². The number of benzene rings is 3. The summed E-state index contributed by atoms with van der Waals surface area (Å²) < 4.78 is 0. The lowest BCUT2D eigenvalue weighted by molar-refractivity contribution is 0.0698. The van der Waals surface area contributed by atoms with Crippen LogP contribution < -0.4 is 10.2 Å². The summed E-state index contributed by atoms with van der Waals surface area (Å²) in [7, 11) is 0. The van der Waals surface area contributed by atoms with Crippen molar-refractivity contribution in [2.45, 2.75) is 18.9 Å². The number of anilines is 2. The fraction of sp³-hybridized carbons (Fsp3) is 0.200.